The predicted molar refractivity (Wildman–Crippen MR) is 47.2 cm³/mol. The molecule has 3 nitrogen and oxygen atoms in total. The highest BCUT2D eigenvalue weighted by molar-refractivity contribution is 5.76. The molecule has 0 fully saturated rings. The second-order valence-electron chi connectivity index (χ2n) is 2.90. The van der Waals surface area contributed by atoms with Crippen LogP contribution in [0.5, 0.6) is 0 Å². The fourth-order valence-corrected chi connectivity index (χ4v) is 0.701. The lowest BCUT2D eigenvalue weighted by atomic mass is 10.4. The molecule has 0 aromatic rings. The molecule has 0 rings (SSSR count). The van der Waals surface area contributed by atoms with Gasteiger partial charge in [0, 0.05) is 6.61 Å². The Morgan fingerprint density at radius 3 is 2.67 bits per heavy atom. The third-order valence-corrected chi connectivity index (χ3v) is 1.27. The van der Waals surface area contributed by atoms with Crippen molar-refractivity contribution in [3.63, 3.8) is 0 Å². The van der Waals surface area contributed by atoms with Crippen LogP contribution in [0, 0.1) is 0 Å². The quantitative estimate of drug-likeness (QED) is 0.547. The van der Waals surface area contributed by atoms with Crippen LogP contribution in [-0.4, -0.2) is 31.7 Å². The minimum absolute atomic E-state index is 0.0143. The van der Waals surface area contributed by atoms with Crippen molar-refractivity contribution < 1.29 is 14.3 Å². The van der Waals surface area contributed by atoms with Gasteiger partial charge in [0.1, 0.15) is 6.61 Å². The Bertz CT molecular complexity index is 123. The zero-order valence-corrected chi connectivity index (χ0v) is 8.13. The highest BCUT2D eigenvalue weighted by Crippen LogP contribution is 1.92. The number of hydrogen-bond donors (Lipinski definition) is 0. The molecule has 0 aliphatic rings. The maximum atomic E-state index is 10.5. The molecule has 0 aliphatic heterocycles. The second kappa shape index (κ2) is 7.25. The van der Waals surface area contributed by atoms with E-state index in [0.717, 1.165) is 13.0 Å². The first-order valence-corrected chi connectivity index (χ1v) is 4.35. The molecule has 0 radical (unpaired) electrons. The van der Waals surface area contributed by atoms with Gasteiger partial charge in [0.2, 0.25) is 0 Å². The number of ketones is 1. The number of ether oxygens (including phenoxy) is 2. The summed E-state index contributed by atoms with van der Waals surface area (Å²) in [6, 6.07) is 0. The number of carbonyl (C=O) groups excluding carboxylic acids is 1. The van der Waals surface area contributed by atoms with Crippen molar-refractivity contribution >= 4 is 5.78 Å². The Hall–Kier alpha value is -0.410. The summed E-state index contributed by atoms with van der Waals surface area (Å²) in [6.45, 7) is 6.99. The highest BCUT2D eigenvalue weighted by atomic mass is 16.5. The lowest BCUT2D eigenvalue weighted by Crippen LogP contribution is -2.19. The molecule has 1 atom stereocenters. The smallest absolute Gasteiger partial charge is 0.155 e. The van der Waals surface area contributed by atoms with E-state index in [4.69, 9.17) is 9.47 Å². The molecule has 0 saturated heterocycles. The van der Waals surface area contributed by atoms with Gasteiger partial charge in [-0.1, -0.05) is 6.92 Å². The van der Waals surface area contributed by atoms with Gasteiger partial charge in [0.25, 0.3) is 0 Å². The van der Waals surface area contributed by atoms with Crippen molar-refractivity contribution in [2.24, 2.45) is 0 Å². The van der Waals surface area contributed by atoms with Crippen LogP contribution >= 0.6 is 0 Å². The van der Waals surface area contributed by atoms with E-state index < -0.39 is 0 Å². The van der Waals surface area contributed by atoms with E-state index in [1.165, 1.54) is 6.92 Å². The molecule has 72 valence electrons. The normalized spacial score (nSPS) is 12.9. The van der Waals surface area contributed by atoms with Gasteiger partial charge in [-0.15, -0.1) is 0 Å². The molecule has 0 bridgehead atoms. The molecule has 0 aromatic heterocycles. The molecule has 0 amide bonds. The molecule has 0 aliphatic carbocycles. The van der Waals surface area contributed by atoms with E-state index in [2.05, 4.69) is 6.92 Å². The van der Waals surface area contributed by atoms with Crippen molar-refractivity contribution in [1.29, 1.82) is 0 Å². The van der Waals surface area contributed by atoms with E-state index in [0.29, 0.717) is 6.61 Å². The van der Waals surface area contributed by atoms with E-state index in [-0.39, 0.29) is 18.5 Å². The van der Waals surface area contributed by atoms with E-state index in [1.54, 1.807) is 0 Å². The minimum atomic E-state index is 0.0143. The Morgan fingerprint density at radius 2 is 2.17 bits per heavy atom. The largest absolute Gasteiger partial charge is 0.379 e. The third-order valence-electron chi connectivity index (χ3n) is 1.27. The number of Topliss-reactive ketones (excluding diaryl/α,β-unsaturated/α-hetero) is 1. The molecule has 0 heterocycles. The number of hydrogen-bond acceptors (Lipinski definition) is 3. The van der Waals surface area contributed by atoms with E-state index >= 15 is 0 Å². The van der Waals surface area contributed by atoms with Gasteiger partial charge < -0.3 is 9.47 Å². The Balaban J connectivity index is 3.21. The molecule has 0 spiro atoms. The topological polar surface area (TPSA) is 35.5 Å². The van der Waals surface area contributed by atoms with Crippen molar-refractivity contribution in [1.82, 2.24) is 0 Å². The van der Waals surface area contributed by atoms with Crippen LogP contribution in [0.4, 0.5) is 0 Å². The predicted octanol–water partition coefficient (Wildman–Crippen LogP) is 1.41. The first-order chi connectivity index (χ1) is 5.66. The first-order valence-electron chi connectivity index (χ1n) is 4.35. The maximum Gasteiger partial charge on any atom is 0.155 e. The highest BCUT2D eigenvalue weighted by Gasteiger charge is 2.02. The van der Waals surface area contributed by atoms with Crippen LogP contribution in [0.25, 0.3) is 0 Å². The molecule has 0 saturated carbocycles. The molecular formula is C9H18O3. The zero-order valence-electron chi connectivity index (χ0n) is 8.13. The number of carbonyl (C=O) groups is 1. The van der Waals surface area contributed by atoms with Crippen molar-refractivity contribution in [3.05, 3.63) is 0 Å². The van der Waals surface area contributed by atoms with Gasteiger partial charge in [-0.05, 0) is 20.3 Å². The fourth-order valence-electron chi connectivity index (χ4n) is 0.701. The van der Waals surface area contributed by atoms with Crippen LogP contribution in [0.3, 0.4) is 0 Å². The Labute approximate surface area is 74.0 Å². The zero-order chi connectivity index (χ0) is 9.40. The van der Waals surface area contributed by atoms with Crippen molar-refractivity contribution in [2.45, 2.75) is 33.3 Å². The molecular weight excluding hydrogens is 156 g/mol. The molecule has 12 heavy (non-hydrogen) atoms. The molecule has 0 aromatic carbocycles. The standard InChI is InChI=1S/C9H18O3/c1-4-5-11-7-9(3)12-6-8(2)10/h9H,4-7H2,1-3H3. The summed E-state index contributed by atoms with van der Waals surface area (Å²) in [5.74, 6) is 0.0531. The van der Waals surface area contributed by atoms with Gasteiger partial charge in [0.15, 0.2) is 5.78 Å². The summed E-state index contributed by atoms with van der Waals surface area (Å²) in [6.07, 6.45) is 1.03. The lowest BCUT2D eigenvalue weighted by Gasteiger charge is -2.11. The molecule has 3 heteroatoms. The van der Waals surface area contributed by atoms with Gasteiger partial charge in [-0.3, -0.25) is 4.79 Å². The van der Waals surface area contributed by atoms with E-state index in [1.807, 2.05) is 6.92 Å². The van der Waals surface area contributed by atoms with Gasteiger partial charge in [0.05, 0.1) is 12.7 Å². The van der Waals surface area contributed by atoms with Crippen LogP contribution < -0.4 is 0 Å². The van der Waals surface area contributed by atoms with Crippen LogP contribution in [0.15, 0.2) is 0 Å². The summed E-state index contributed by atoms with van der Waals surface area (Å²) in [5.41, 5.74) is 0. The van der Waals surface area contributed by atoms with E-state index in [9.17, 15) is 4.79 Å². The third kappa shape index (κ3) is 7.69. The minimum Gasteiger partial charge on any atom is -0.379 e. The fraction of sp³-hybridized carbons (Fsp3) is 0.889. The Morgan fingerprint density at radius 1 is 1.50 bits per heavy atom. The molecule has 1 unspecified atom stereocenters. The van der Waals surface area contributed by atoms with Crippen LogP contribution in [0.1, 0.15) is 27.2 Å². The summed E-state index contributed by atoms with van der Waals surface area (Å²) < 4.78 is 10.4. The SMILES string of the molecule is CCCOCC(C)OCC(C)=O. The van der Waals surface area contributed by atoms with Crippen LogP contribution in [0.2, 0.25) is 0 Å². The first kappa shape index (κ1) is 11.6. The maximum absolute atomic E-state index is 10.5. The summed E-state index contributed by atoms with van der Waals surface area (Å²) in [7, 11) is 0. The Kier molecular flexibility index (Phi) is 7.00. The monoisotopic (exact) mass is 174 g/mol. The average Bonchev–Trinajstić information content (AvgIpc) is 2.01. The van der Waals surface area contributed by atoms with Crippen molar-refractivity contribution in [2.75, 3.05) is 19.8 Å². The summed E-state index contributed by atoms with van der Waals surface area (Å²) in [4.78, 5) is 10.5. The van der Waals surface area contributed by atoms with Gasteiger partial charge >= 0.3 is 0 Å². The van der Waals surface area contributed by atoms with Crippen LogP contribution in [-0.2, 0) is 14.3 Å². The van der Waals surface area contributed by atoms with Crippen molar-refractivity contribution in [3.8, 4) is 0 Å². The number of rotatable bonds is 7. The lowest BCUT2D eigenvalue weighted by molar-refractivity contribution is -0.124. The summed E-state index contributed by atoms with van der Waals surface area (Å²) in [5, 5.41) is 0. The van der Waals surface area contributed by atoms with Gasteiger partial charge in [-0.25, -0.2) is 0 Å². The van der Waals surface area contributed by atoms with Gasteiger partial charge in [-0.2, -0.15) is 0 Å². The second-order valence-corrected chi connectivity index (χ2v) is 2.90. The summed E-state index contributed by atoms with van der Waals surface area (Å²) >= 11 is 0. The average molecular weight is 174 g/mol. The molecule has 0 N–H and O–H groups in total.